The number of hydrogen-bond acceptors (Lipinski definition) is 4. The van der Waals surface area contributed by atoms with Crippen LogP contribution in [0.3, 0.4) is 0 Å². The highest BCUT2D eigenvalue weighted by molar-refractivity contribution is 5.83. The van der Waals surface area contributed by atoms with E-state index in [1.54, 1.807) is 20.8 Å². The zero-order valence-electron chi connectivity index (χ0n) is 16.0. The predicted octanol–water partition coefficient (Wildman–Crippen LogP) is 3.01. The van der Waals surface area contributed by atoms with Crippen LogP contribution in [0.4, 0.5) is 4.79 Å². The van der Waals surface area contributed by atoms with E-state index in [1.807, 2.05) is 51.1 Å². The van der Waals surface area contributed by atoms with Crippen LogP contribution in [0.15, 0.2) is 30.3 Å². The molecule has 25 heavy (non-hydrogen) atoms. The van der Waals surface area contributed by atoms with E-state index in [1.165, 1.54) is 0 Å². The summed E-state index contributed by atoms with van der Waals surface area (Å²) in [7, 11) is 0. The fraction of sp³-hybridized carbons (Fsp3) is 0.579. The number of carbonyl (C=O) groups excluding carboxylic acids is 2. The smallest absolute Gasteiger partial charge is 0.331 e. The molecule has 140 valence electrons. The van der Waals surface area contributed by atoms with Gasteiger partial charge in [-0.05, 0) is 47.1 Å². The Labute approximate surface area is 150 Å². The molecule has 1 rings (SSSR count). The molecule has 0 saturated carbocycles. The summed E-state index contributed by atoms with van der Waals surface area (Å²) < 4.78 is 11.0. The first-order valence-corrected chi connectivity index (χ1v) is 8.41. The van der Waals surface area contributed by atoms with Crippen LogP contribution in [0.25, 0.3) is 0 Å². The molecule has 0 saturated heterocycles. The molecule has 0 aliphatic rings. The molecular weight excluding hydrogens is 320 g/mol. The average Bonchev–Trinajstić information content (AvgIpc) is 2.47. The van der Waals surface area contributed by atoms with Gasteiger partial charge in [0.1, 0.15) is 5.60 Å². The van der Waals surface area contributed by atoms with Gasteiger partial charge in [0, 0.05) is 6.54 Å². The van der Waals surface area contributed by atoms with Gasteiger partial charge in [0.25, 0.3) is 0 Å². The minimum Gasteiger partial charge on any atom is -0.458 e. The lowest BCUT2D eigenvalue weighted by molar-refractivity contribution is -0.160. The predicted molar refractivity (Wildman–Crippen MR) is 97.2 cm³/mol. The lowest BCUT2D eigenvalue weighted by Gasteiger charge is -2.27. The molecule has 0 radical (unpaired) electrons. The number of esters is 1. The molecule has 1 atom stereocenters. The van der Waals surface area contributed by atoms with Crippen molar-refractivity contribution in [2.75, 3.05) is 6.61 Å². The molecule has 0 aliphatic carbocycles. The quantitative estimate of drug-likeness (QED) is 0.773. The summed E-state index contributed by atoms with van der Waals surface area (Å²) in [6.45, 7) is 11.4. The van der Waals surface area contributed by atoms with Crippen molar-refractivity contribution in [1.82, 2.24) is 10.6 Å². The molecule has 2 amide bonds. The van der Waals surface area contributed by atoms with Crippen LogP contribution in [0, 0.1) is 0 Å². The molecular formula is C19H30N2O4. The molecule has 0 aromatic heterocycles. The summed E-state index contributed by atoms with van der Waals surface area (Å²) in [5.41, 5.74) is -0.0979. The van der Waals surface area contributed by atoms with Crippen molar-refractivity contribution in [3.8, 4) is 0 Å². The molecule has 2 N–H and O–H groups in total. The van der Waals surface area contributed by atoms with Crippen LogP contribution in [-0.4, -0.2) is 35.9 Å². The average molecular weight is 350 g/mol. The summed E-state index contributed by atoms with van der Waals surface area (Å²) >= 11 is 0. The van der Waals surface area contributed by atoms with Gasteiger partial charge in [0.2, 0.25) is 0 Å². The van der Waals surface area contributed by atoms with E-state index >= 15 is 0 Å². The molecule has 0 aliphatic heterocycles. The number of urea groups is 1. The molecule has 1 unspecified atom stereocenters. The van der Waals surface area contributed by atoms with Gasteiger partial charge < -0.3 is 20.1 Å². The summed E-state index contributed by atoms with van der Waals surface area (Å²) in [5.74, 6) is -0.522. The molecule has 6 nitrogen and oxygen atoms in total. The number of nitrogens with one attached hydrogen (secondary N) is 2. The summed E-state index contributed by atoms with van der Waals surface area (Å²) in [6.07, 6.45) is 0. The van der Waals surface area contributed by atoms with Gasteiger partial charge >= 0.3 is 12.0 Å². The van der Waals surface area contributed by atoms with Gasteiger partial charge in [0.05, 0.1) is 12.2 Å². The van der Waals surface area contributed by atoms with Crippen LogP contribution in [0.1, 0.15) is 47.1 Å². The standard InChI is InChI=1S/C19H30N2O4/c1-18(2,3)24-13-15(16(22)25-19(4,5)6)21-17(23)20-12-14-10-8-7-9-11-14/h7-11,15H,12-13H2,1-6H3,(H2,20,21,23). The molecule has 0 fully saturated rings. The second-order valence-corrected chi connectivity index (χ2v) is 7.82. The van der Waals surface area contributed by atoms with E-state index < -0.39 is 29.2 Å². The Hall–Kier alpha value is -2.08. The van der Waals surface area contributed by atoms with Crippen LogP contribution in [-0.2, 0) is 20.8 Å². The number of carbonyl (C=O) groups is 2. The largest absolute Gasteiger partial charge is 0.458 e. The third-order valence-corrected chi connectivity index (χ3v) is 2.98. The number of benzene rings is 1. The highest BCUT2D eigenvalue weighted by atomic mass is 16.6. The van der Waals surface area contributed by atoms with Crippen molar-refractivity contribution in [1.29, 1.82) is 0 Å². The number of amides is 2. The zero-order valence-corrected chi connectivity index (χ0v) is 16.0. The second-order valence-electron chi connectivity index (χ2n) is 7.82. The Kier molecular flexibility index (Phi) is 7.42. The van der Waals surface area contributed by atoms with Crippen molar-refractivity contribution < 1.29 is 19.1 Å². The monoisotopic (exact) mass is 350 g/mol. The molecule has 0 heterocycles. The van der Waals surface area contributed by atoms with Crippen LogP contribution in [0.5, 0.6) is 0 Å². The van der Waals surface area contributed by atoms with E-state index in [2.05, 4.69) is 10.6 Å². The van der Waals surface area contributed by atoms with Gasteiger partial charge in [-0.2, -0.15) is 0 Å². The zero-order chi connectivity index (χ0) is 19.1. The molecule has 1 aromatic rings. The van der Waals surface area contributed by atoms with Crippen molar-refractivity contribution in [2.24, 2.45) is 0 Å². The van der Waals surface area contributed by atoms with E-state index in [-0.39, 0.29) is 6.61 Å². The molecule has 6 heteroatoms. The van der Waals surface area contributed by atoms with Crippen LogP contribution >= 0.6 is 0 Å². The minimum absolute atomic E-state index is 0.0389. The lowest BCUT2D eigenvalue weighted by Crippen LogP contribution is -2.51. The first-order chi connectivity index (χ1) is 11.5. The van der Waals surface area contributed by atoms with E-state index in [0.717, 1.165) is 5.56 Å². The first kappa shape index (κ1) is 21.0. The van der Waals surface area contributed by atoms with Gasteiger partial charge in [-0.1, -0.05) is 30.3 Å². The highest BCUT2D eigenvalue weighted by Gasteiger charge is 2.28. The SMILES string of the molecule is CC(C)(C)OCC(NC(=O)NCc1ccccc1)C(=O)OC(C)(C)C. The summed E-state index contributed by atoms with van der Waals surface area (Å²) in [5, 5.41) is 5.36. The van der Waals surface area contributed by atoms with Gasteiger partial charge in [-0.25, -0.2) is 9.59 Å². The van der Waals surface area contributed by atoms with Crippen molar-refractivity contribution in [3.63, 3.8) is 0 Å². The van der Waals surface area contributed by atoms with Gasteiger partial charge in [0.15, 0.2) is 6.04 Å². The minimum atomic E-state index is -0.880. The van der Waals surface area contributed by atoms with E-state index in [0.29, 0.717) is 6.54 Å². The summed E-state index contributed by atoms with van der Waals surface area (Å²) in [4.78, 5) is 24.5. The van der Waals surface area contributed by atoms with E-state index in [4.69, 9.17) is 9.47 Å². The third-order valence-electron chi connectivity index (χ3n) is 2.98. The third kappa shape index (κ3) is 9.72. The Bertz CT molecular complexity index is 559. The fourth-order valence-corrected chi connectivity index (χ4v) is 1.86. The van der Waals surface area contributed by atoms with E-state index in [9.17, 15) is 9.59 Å². The normalized spacial score (nSPS) is 13.0. The maximum Gasteiger partial charge on any atom is 0.331 e. The number of ether oxygens (including phenoxy) is 2. The van der Waals surface area contributed by atoms with Crippen LogP contribution < -0.4 is 10.6 Å². The number of rotatable bonds is 6. The molecule has 0 spiro atoms. The molecule has 0 bridgehead atoms. The Balaban J connectivity index is 2.64. The lowest BCUT2D eigenvalue weighted by atomic mass is 10.1. The van der Waals surface area contributed by atoms with Crippen molar-refractivity contribution >= 4 is 12.0 Å². The molecule has 1 aromatic carbocycles. The van der Waals surface area contributed by atoms with Crippen molar-refractivity contribution in [3.05, 3.63) is 35.9 Å². The van der Waals surface area contributed by atoms with Gasteiger partial charge in [-0.3, -0.25) is 0 Å². The van der Waals surface area contributed by atoms with Crippen molar-refractivity contribution in [2.45, 2.75) is 65.3 Å². The van der Waals surface area contributed by atoms with Crippen LogP contribution in [0.2, 0.25) is 0 Å². The maximum absolute atomic E-state index is 12.3. The Morgan fingerprint density at radius 2 is 1.60 bits per heavy atom. The maximum atomic E-state index is 12.3. The topological polar surface area (TPSA) is 76.7 Å². The first-order valence-electron chi connectivity index (χ1n) is 8.41. The summed E-state index contributed by atoms with van der Waals surface area (Å²) in [6, 6.07) is 8.20. The fourth-order valence-electron chi connectivity index (χ4n) is 1.86. The Morgan fingerprint density at radius 1 is 1.00 bits per heavy atom. The second kappa shape index (κ2) is 8.85. The Morgan fingerprint density at radius 3 is 2.12 bits per heavy atom. The van der Waals surface area contributed by atoms with Gasteiger partial charge in [-0.15, -0.1) is 0 Å². The number of hydrogen-bond donors (Lipinski definition) is 2. The highest BCUT2D eigenvalue weighted by Crippen LogP contribution is 2.11.